The van der Waals surface area contributed by atoms with E-state index >= 15 is 0 Å². The predicted molar refractivity (Wildman–Crippen MR) is 89.9 cm³/mol. The van der Waals surface area contributed by atoms with E-state index < -0.39 is 28.6 Å². The van der Waals surface area contributed by atoms with Crippen LogP contribution >= 0.6 is 11.6 Å². The summed E-state index contributed by atoms with van der Waals surface area (Å²) in [5.74, 6) is 1.98. The molecule has 25 heavy (non-hydrogen) atoms. The van der Waals surface area contributed by atoms with Crippen LogP contribution in [0.25, 0.3) is 10.9 Å². The lowest BCUT2D eigenvalue weighted by atomic mass is 10.1. The van der Waals surface area contributed by atoms with Gasteiger partial charge in [0.1, 0.15) is 11.4 Å². The number of pyridine rings is 1. The maximum Gasteiger partial charge on any atom is 0.343 e. The van der Waals surface area contributed by atoms with Gasteiger partial charge in [-0.05, 0) is 25.8 Å². The van der Waals surface area contributed by atoms with Crippen LogP contribution in [0.3, 0.4) is 0 Å². The van der Waals surface area contributed by atoms with Crippen molar-refractivity contribution in [3.63, 3.8) is 0 Å². The quantitative estimate of drug-likeness (QED) is 0.476. The summed E-state index contributed by atoms with van der Waals surface area (Å²) in [4.78, 5) is 24.6. The Hall–Kier alpha value is -2.39. The second-order valence-electron chi connectivity index (χ2n) is 5.61. The van der Waals surface area contributed by atoms with E-state index in [9.17, 15) is 18.4 Å². The summed E-state index contributed by atoms with van der Waals surface area (Å²) < 4.78 is 35.5. The average Bonchev–Trinajstić information content (AvgIpc) is 3.40. The molecule has 0 atom stereocenters. The largest absolute Gasteiger partial charge is 0.462 e. The standard InChI is InChI=1S/C18H14ClF2NO3/c1-2-25-18(24)13-9-22(10-5-6-10)16-12(17(13)23)8-14(20)11(15(16)21)4-3-7-19/h8-10H,2,5-7H2,1H3. The van der Waals surface area contributed by atoms with Crippen molar-refractivity contribution in [2.75, 3.05) is 12.5 Å². The molecule has 0 aliphatic heterocycles. The first kappa shape index (κ1) is 17.4. The van der Waals surface area contributed by atoms with Gasteiger partial charge in [-0.1, -0.05) is 11.8 Å². The Morgan fingerprint density at radius 3 is 2.76 bits per heavy atom. The van der Waals surface area contributed by atoms with Crippen molar-refractivity contribution in [2.24, 2.45) is 0 Å². The highest BCUT2D eigenvalue weighted by molar-refractivity contribution is 6.19. The van der Waals surface area contributed by atoms with Gasteiger partial charge in [0.25, 0.3) is 0 Å². The second kappa shape index (κ2) is 6.85. The molecule has 1 aromatic heterocycles. The highest BCUT2D eigenvalue weighted by Gasteiger charge is 2.29. The van der Waals surface area contributed by atoms with E-state index in [1.165, 1.54) is 10.8 Å². The van der Waals surface area contributed by atoms with Gasteiger partial charge in [-0.15, -0.1) is 11.6 Å². The molecular weight excluding hydrogens is 352 g/mol. The highest BCUT2D eigenvalue weighted by atomic mass is 35.5. The molecule has 2 aromatic rings. The van der Waals surface area contributed by atoms with Crippen LogP contribution in [-0.2, 0) is 4.74 Å². The first-order valence-electron chi connectivity index (χ1n) is 7.78. The summed E-state index contributed by atoms with van der Waals surface area (Å²) >= 11 is 5.45. The monoisotopic (exact) mass is 365 g/mol. The van der Waals surface area contributed by atoms with Gasteiger partial charge < -0.3 is 9.30 Å². The lowest BCUT2D eigenvalue weighted by Gasteiger charge is -2.14. The summed E-state index contributed by atoms with van der Waals surface area (Å²) in [5.41, 5.74) is -1.49. The molecule has 0 bridgehead atoms. The van der Waals surface area contributed by atoms with Crippen molar-refractivity contribution in [3.05, 3.63) is 45.2 Å². The number of alkyl halides is 1. The van der Waals surface area contributed by atoms with Crippen LogP contribution in [0.2, 0.25) is 0 Å². The number of hydrogen-bond acceptors (Lipinski definition) is 3. The minimum atomic E-state index is -0.969. The zero-order chi connectivity index (χ0) is 18.1. The Bertz CT molecular complexity index is 984. The number of esters is 1. The Kier molecular flexibility index (Phi) is 4.78. The van der Waals surface area contributed by atoms with E-state index in [1.54, 1.807) is 6.92 Å². The zero-order valence-electron chi connectivity index (χ0n) is 13.4. The maximum atomic E-state index is 14.9. The number of ether oxygens (including phenoxy) is 1. The van der Waals surface area contributed by atoms with Gasteiger partial charge in [0, 0.05) is 12.2 Å². The maximum absolute atomic E-state index is 14.9. The molecule has 4 nitrogen and oxygen atoms in total. The number of halogens is 3. The Morgan fingerprint density at radius 1 is 1.44 bits per heavy atom. The predicted octanol–water partition coefficient (Wildman–Crippen LogP) is 3.38. The van der Waals surface area contributed by atoms with Gasteiger partial charge in [-0.3, -0.25) is 4.79 Å². The molecule has 1 heterocycles. The number of rotatable bonds is 3. The van der Waals surface area contributed by atoms with E-state index in [4.69, 9.17) is 16.3 Å². The first-order chi connectivity index (χ1) is 12.0. The normalized spacial score (nSPS) is 13.4. The van der Waals surface area contributed by atoms with E-state index in [2.05, 4.69) is 11.8 Å². The molecule has 7 heteroatoms. The van der Waals surface area contributed by atoms with E-state index in [0.29, 0.717) is 0 Å². The summed E-state index contributed by atoms with van der Waals surface area (Å²) in [5, 5.41) is -0.205. The van der Waals surface area contributed by atoms with Crippen LogP contribution in [-0.4, -0.2) is 23.0 Å². The van der Waals surface area contributed by atoms with Gasteiger partial charge >= 0.3 is 5.97 Å². The number of hydrogen-bond donors (Lipinski definition) is 0. The topological polar surface area (TPSA) is 48.3 Å². The molecule has 0 spiro atoms. The SMILES string of the molecule is CCOC(=O)c1cn(C2CC2)c2c(F)c(C#CCCl)c(F)cc2c1=O. The van der Waals surface area contributed by atoms with Crippen LogP contribution in [0.4, 0.5) is 8.78 Å². The van der Waals surface area contributed by atoms with Crippen molar-refractivity contribution in [1.82, 2.24) is 4.57 Å². The van der Waals surface area contributed by atoms with Crippen molar-refractivity contribution in [3.8, 4) is 11.8 Å². The van der Waals surface area contributed by atoms with Gasteiger partial charge in [0.05, 0.1) is 29.0 Å². The lowest BCUT2D eigenvalue weighted by molar-refractivity contribution is 0.0524. The molecule has 1 aliphatic carbocycles. The molecular formula is C18H14ClF2NO3. The van der Waals surface area contributed by atoms with Gasteiger partial charge in [-0.2, -0.15) is 0 Å². The summed E-state index contributed by atoms with van der Waals surface area (Å²) in [6.07, 6.45) is 2.85. The molecule has 0 amide bonds. The summed E-state index contributed by atoms with van der Waals surface area (Å²) in [6.45, 7) is 1.70. The van der Waals surface area contributed by atoms with Gasteiger partial charge in [0.15, 0.2) is 5.82 Å². The molecule has 0 saturated heterocycles. The Balaban J connectivity index is 2.36. The molecule has 1 saturated carbocycles. The minimum absolute atomic E-state index is 0.0509. The average molecular weight is 366 g/mol. The highest BCUT2D eigenvalue weighted by Crippen LogP contribution is 2.38. The molecule has 0 radical (unpaired) electrons. The van der Waals surface area contributed by atoms with Crippen molar-refractivity contribution in [2.45, 2.75) is 25.8 Å². The molecule has 0 N–H and O–H groups in total. The van der Waals surface area contributed by atoms with Crippen molar-refractivity contribution in [1.29, 1.82) is 0 Å². The molecule has 0 unspecified atom stereocenters. The van der Waals surface area contributed by atoms with Crippen LogP contribution in [0.15, 0.2) is 17.1 Å². The smallest absolute Gasteiger partial charge is 0.343 e. The zero-order valence-corrected chi connectivity index (χ0v) is 14.1. The van der Waals surface area contributed by atoms with E-state index in [1.807, 2.05) is 0 Å². The first-order valence-corrected chi connectivity index (χ1v) is 8.31. The summed E-state index contributed by atoms with van der Waals surface area (Å²) in [6, 6.07) is 0.866. The number of benzene rings is 1. The fraction of sp³-hybridized carbons (Fsp3) is 0.333. The van der Waals surface area contributed by atoms with Gasteiger partial charge in [-0.25, -0.2) is 13.6 Å². The van der Waals surface area contributed by atoms with Gasteiger partial charge in [0.2, 0.25) is 5.43 Å². The van der Waals surface area contributed by atoms with Crippen LogP contribution in [0.1, 0.15) is 41.7 Å². The fourth-order valence-electron chi connectivity index (χ4n) is 2.67. The van der Waals surface area contributed by atoms with Crippen molar-refractivity contribution >= 4 is 28.5 Å². The lowest BCUT2D eigenvalue weighted by Crippen LogP contribution is -2.22. The summed E-state index contributed by atoms with van der Waals surface area (Å²) in [7, 11) is 0. The minimum Gasteiger partial charge on any atom is -0.462 e. The third-order valence-corrected chi connectivity index (χ3v) is 4.06. The molecule has 130 valence electrons. The van der Waals surface area contributed by atoms with E-state index in [-0.39, 0.29) is 35.0 Å². The molecule has 1 fully saturated rings. The number of carbonyl (C=O) groups excluding carboxylic acids is 1. The molecule has 1 aliphatic rings. The Labute approximate surface area is 147 Å². The van der Waals surface area contributed by atoms with Crippen LogP contribution in [0.5, 0.6) is 0 Å². The number of nitrogens with zero attached hydrogens (tertiary/aromatic N) is 1. The Morgan fingerprint density at radius 2 is 2.16 bits per heavy atom. The number of fused-ring (bicyclic) bond motifs is 1. The van der Waals surface area contributed by atoms with Crippen molar-refractivity contribution < 1.29 is 18.3 Å². The van der Waals surface area contributed by atoms with Crippen LogP contribution < -0.4 is 5.43 Å². The number of aromatic nitrogens is 1. The third-order valence-electron chi connectivity index (χ3n) is 3.92. The third kappa shape index (κ3) is 3.12. The number of carbonyl (C=O) groups is 1. The molecule has 1 aromatic carbocycles. The fourth-order valence-corrected chi connectivity index (χ4v) is 2.74. The van der Waals surface area contributed by atoms with Crippen LogP contribution in [0, 0.1) is 23.5 Å². The molecule has 3 rings (SSSR count). The van der Waals surface area contributed by atoms with E-state index in [0.717, 1.165) is 18.9 Å². The second-order valence-corrected chi connectivity index (χ2v) is 5.88.